The van der Waals surface area contributed by atoms with E-state index in [1.807, 2.05) is 12.3 Å². The van der Waals surface area contributed by atoms with Gasteiger partial charge in [-0.2, -0.15) is 0 Å². The van der Waals surface area contributed by atoms with Crippen LogP contribution in [-0.4, -0.2) is 30.7 Å². The molecule has 0 amide bonds. The van der Waals surface area contributed by atoms with Gasteiger partial charge in [0.25, 0.3) is 0 Å². The van der Waals surface area contributed by atoms with E-state index in [2.05, 4.69) is 53.4 Å². The molecule has 2 aromatic rings. The Kier molecular flexibility index (Phi) is 3.15. The molecule has 0 saturated carbocycles. The van der Waals surface area contributed by atoms with E-state index in [0.29, 0.717) is 5.54 Å². The lowest BCUT2D eigenvalue weighted by molar-refractivity contribution is 0.305. The van der Waals surface area contributed by atoms with Gasteiger partial charge >= 0.3 is 0 Å². The molecule has 3 nitrogen and oxygen atoms in total. The average molecular weight is 255 g/mol. The number of anilines is 1. The van der Waals surface area contributed by atoms with Gasteiger partial charge in [-0.3, -0.25) is 4.98 Å². The summed E-state index contributed by atoms with van der Waals surface area (Å²) in [5.41, 5.74) is 2.70. The highest BCUT2D eigenvalue weighted by atomic mass is 15.2. The number of benzene rings is 1. The summed E-state index contributed by atoms with van der Waals surface area (Å²) in [7, 11) is 2.07. The largest absolute Gasteiger partial charge is 0.371 e. The minimum atomic E-state index is 0.291. The van der Waals surface area contributed by atoms with Crippen molar-refractivity contribution in [3.8, 4) is 0 Å². The number of hydrogen-bond donors (Lipinski definition) is 1. The maximum absolute atomic E-state index is 4.44. The van der Waals surface area contributed by atoms with Gasteiger partial charge in [0.15, 0.2) is 0 Å². The Labute approximate surface area is 114 Å². The minimum Gasteiger partial charge on any atom is -0.371 e. The minimum absolute atomic E-state index is 0.291. The molecule has 1 N–H and O–H groups in total. The molecule has 1 saturated heterocycles. The molecule has 2 heterocycles. The Balaban J connectivity index is 1.90. The topological polar surface area (TPSA) is 28.2 Å². The second-order valence-electron chi connectivity index (χ2n) is 5.64. The molecule has 0 unspecified atom stereocenters. The molecule has 1 aliphatic rings. The summed E-state index contributed by atoms with van der Waals surface area (Å²) in [4.78, 5) is 6.93. The van der Waals surface area contributed by atoms with Crippen LogP contribution in [0.25, 0.3) is 10.9 Å². The van der Waals surface area contributed by atoms with Crippen molar-refractivity contribution in [3.63, 3.8) is 0 Å². The molecule has 1 aliphatic heterocycles. The van der Waals surface area contributed by atoms with Crippen LogP contribution >= 0.6 is 0 Å². The number of aromatic nitrogens is 1. The molecule has 3 rings (SSSR count). The van der Waals surface area contributed by atoms with Gasteiger partial charge in [-0.25, -0.2) is 0 Å². The molecule has 0 radical (unpaired) electrons. The highest BCUT2D eigenvalue weighted by Gasteiger charge is 2.28. The van der Waals surface area contributed by atoms with Gasteiger partial charge in [-0.1, -0.05) is 18.2 Å². The second-order valence-corrected chi connectivity index (χ2v) is 5.64. The summed E-state index contributed by atoms with van der Waals surface area (Å²) in [5, 5.41) is 4.71. The standard InChI is InChI=1S/C16H21N3/c1-16(17-2)8-11-19(12-9-16)15-7-10-18-14-6-4-3-5-13(14)15/h3-7,10,17H,8-9,11-12H2,1-2H3. The van der Waals surface area contributed by atoms with Crippen molar-refractivity contribution in [2.45, 2.75) is 25.3 Å². The van der Waals surface area contributed by atoms with E-state index in [1.54, 1.807) is 0 Å². The number of piperidine rings is 1. The number of rotatable bonds is 2. The van der Waals surface area contributed by atoms with Crippen LogP contribution in [0.3, 0.4) is 0 Å². The molecule has 1 aromatic heterocycles. The van der Waals surface area contributed by atoms with Crippen molar-refractivity contribution in [1.29, 1.82) is 0 Å². The second kappa shape index (κ2) is 4.82. The fourth-order valence-corrected chi connectivity index (χ4v) is 2.85. The highest BCUT2D eigenvalue weighted by molar-refractivity contribution is 5.91. The van der Waals surface area contributed by atoms with Gasteiger partial charge in [-0.15, -0.1) is 0 Å². The zero-order chi connectivity index (χ0) is 13.3. The van der Waals surface area contributed by atoms with Crippen molar-refractivity contribution in [2.75, 3.05) is 25.0 Å². The smallest absolute Gasteiger partial charge is 0.0722 e. The first-order valence-corrected chi connectivity index (χ1v) is 6.99. The quantitative estimate of drug-likeness (QED) is 0.894. The third kappa shape index (κ3) is 2.30. The zero-order valence-electron chi connectivity index (χ0n) is 11.7. The maximum Gasteiger partial charge on any atom is 0.0722 e. The van der Waals surface area contributed by atoms with Gasteiger partial charge in [0.2, 0.25) is 0 Å². The summed E-state index contributed by atoms with van der Waals surface area (Å²) < 4.78 is 0. The van der Waals surface area contributed by atoms with E-state index >= 15 is 0 Å². The lowest BCUT2D eigenvalue weighted by Crippen LogP contribution is -2.50. The number of nitrogens with zero attached hydrogens (tertiary/aromatic N) is 2. The molecule has 0 bridgehead atoms. The molecule has 1 aromatic carbocycles. The van der Waals surface area contributed by atoms with Crippen LogP contribution < -0.4 is 10.2 Å². The van der Waals surface area contributed by atoms with Crippen LogP contribution in [0, 0.1) is 0 Å². The van der Waals surface area contributed by atoms with Crippen LogP contribution in [0.5, 0.6) is 0 Å². The Morgan fingerprint density at radius 1 is 1.16 bits per heavy atom. The molecule has 1 fully saturated rings. The highest BCUT2D eigenvalue weighted by Crippen LogP contribution is 2.30. The van der Waals surface area contributed by atoms with Crippen molar-refractivity contribution in [2.24, 2.45) is 0 Å². The summed E-state index contributed by atoms with van der Waals surface area (Å²) in [6, 6.07) is 10.5. The van der Waals surface area contributed by atoms with E-state index in [1.165, 1.54) is 23.9 Å². The Bertz CT molecular complexity index is 566. The Hall–Kier alpha value is -1.61. The van der Waals surface area contributed by atoms with E-state index in [0.717, 1.165) is 18.6 Å². The third-order valence-corrected chi connectivity index (χ3v) is 4.44. The van der Waals surface area contributed by atoms with Crippen LogP contribution in [0.4, 0.5) is 5.69 Å². The number of hydrogen-bond acceptors (Lipinski definition) is 3. The predicted molar refractivity (Wildman–Crippen MR) is 80.7 cm³/mol. The predicted octanol–water partition coefficient (Wildman–Crippen LogP) is 2.81. The summed E-state index contributed by atoms with van der Waals surface area (Å²) >= 11 is 0. The van der Waals surface area contributed by atoms with Gasteiger partial charge < -0.3 is 10.2 Å². The lowest BCUT2D eigenvalue weighted by Gasteiger charge is -2.40. The zero-order valence-corrected chi connectivity index (χ0v) is 11.7. The number of para-hydroxylation sites is 1. The summed E-state index contributed by atoms with van der Waals surface area (Å²) in [6.45, 7) is 4.52. The van der Waals surface area contributed by atoms with Crippen LogP contribution in [0.1, 0.15) is 19.8 Å². The Morgan fingerprint density at radius 3 is 2.63 bits per heavy atom. The van der Waals surface area contributed by atoms with E-state index < -0.39 is 0 Å². The van der Waals surface area contributed by atoms with Crippen LogP contribution in [0.2, 0.25) is 0 Å². The number of fused-ring (bicyclic) bond motifs is 1. The molecule has 3 heteroatoms. The number of nitrogens with one attached hydrogen (secondary N) is 1. The first kappa shape index (κ1) is 12.4. The fourth-order valence-electron chi connectivity index (χ4n) is 2.85. The van der Waals surface area contributed by atoms with Gasteiger partial charge in [-0.05, 0) is 38.9 Å². The van der Waals surface area contributed by atoms with Gasteiger partial charge in [0.05, 0.1) is 5.52 Å². The van der Waals surface area contributed by atoms with Crippen molar-refractivity contribution < 1.29 is 0 Å². The lowest BCUT2D eigenvalue weighted by atomic mass is 9.89. The van der Waals surface area contributed by atoms with Gasteiger partial charge in [0, 0.05) is 35.9 Å². The van der Waals surface area contributed by atoms with Crippen molar-refractivity contribution in [3.05, 3.63) is 36.5 Å². The molecule has 100 valence electrons. The first-order chi connectivity index (χ1) is 9.22. The molecule has 0 atom stereocenters. The van der Waals surface area contributed by atoms with E-state index in [4.69, 9.17) is 0 Å². The Morgan fingerprint density at radius 2 is 1.89 bits per heavy atom. The molecule has 0 spiro atoms. The summed E-state index contributed by atoms with van der Waals surface area (Å²) in [5.74, 6) is 0. The molecular formula is C16H21N3. The van der Waals surface area contributed by atoms with Crippen molar-refractivity contribution in [1.82, 2.24) is 10.3 Å². The van der Waals surface area contributed by atoms with Crippen LogP contribution in [0.15, 0.2) is 36.5 Å². The fraction of sp³-hybridized carbons (Fsp3) is 0.438. The molecule has 0 aliphatic carbocycles. The molecular weight excluding hydrogens is 234 g/mol. The van der Waals surface area contributed by atoms with Gasteiger partial charge in [0.1, 0.15) is 0 Å². The maximum atomic E-state index is 4.44. The van der Waals surface area contributed by atoms with Crippen LogP contribution in [-0.2, 0) is 0 Å². The number of pyridine rings is 1. The van der Waals surface area contributed by atoms with Crippen molar-refractivity contribution >= 4 is 16.6 Å². The normalized spacial score (nSPS) is 18.7. The third-order valence-electron chi connectivity index (χ3n) is 4.44. The SMILES string of the molecule is CNC1(C)CCN(c2ccnc3ccccc23)CC1. The van der Waals surface area contributed by atoms with E-state index in [9.17, 15) is 0 Å². The average Bonchev–Trinajstić information content (AvgIpc) is 2.48. The van der Waals surface area contributed by atoms with E-state index in [-0.39, 0.29) is 0 Å². The monoisotopic (exact) mass is 255 g/mol. The first-order valence-electron chi connectivity index (χ1n) is 6.99. The molecule has 19 heavy (non-hydrogen) atoms. The summed E-state index contributed by atoms with van der Waals surface area (Å²) in [6.07, 6.45) is 4.28.